The normalized spacial score (nSPS) is 19.1. The maximum atomic E-state index is 12.0. The fourth-order valence-corrected chi connectivity index (χ4v) is 3.00. The molecule has 1 unspecified atom stereocenters. The van der Waals surface area contributed by atoms with Crippen molar-refractivity contribution in [1.29, 1.82) is 0 Å². The maximum Gasteiger partial charge on any atom is 0.311 e. The second-order valence-electron chi connectivity index (χ2n) is 4.43. The molecule has 1 aromatic heterocycles. The van der Waals surface area contributed by atoms with Gasteiger partial charge < -0.3 is 9.64 Å². The molecule has 19 heavy (non-hydrogen) atoms. The number of amides is 1. The number of hydrogen-bond acceptors (Lipinski definition) is 5. The Hall–Kier alpha value is -1.95. The van der Waals surface area contributed by atoms with Gasteiger partial charge in [0.2, 0.25) is 5.91 Å². The van der Waals surface area contributed by atoms with Crippen LogP contribution in [0.5, 0.6) is 0 Å². The maximum absolute atomic E-state index is 12.0. The van der Waals surface area contributed by atoms with Gasteiger partial charge in [-0.2, -0.15) is 0 Å². The number of hydrogen-bond donors (Lipinski definition) is 0. The van der Waals surface area contributed by atoms with Crippen LogP contribution in [0.25, 0.3) is 10.2 Å². The monoisotopic (exact) mass is 276 g/mol. The number of esters is 1. The highest BCUT2D eigenvalue weighted by Crippen LogP contribution is 2.29. The van der Waals surface area contributed by atoms with E-state index in [1.54, 1.807) is 10.4 Å². The van der Waals surface area contributed by atoms with Gasteiger partial charge in [-0.15, -0.1) is 11.3 Å². The minimum Gasteiger partial charge on any atom is -0.469 e. The van der Waals surface area contributed by atoms with Crippen LogP contribution in [0.4, 0.5) is 5.69 Å². The number of methoxy groups -OCH3 is 1. The molecule has 1 aliphatic rings. The van der Waals surface area contributed by atoms with E-state index in [0.29, 0.717) is 6.54 Å². The van der Waals surface area contributed by atoms with Crippen molar-refractivity contribution in [3.63, 3.8) is 0 Å². The number of fused-ring (bicyclic) bond motifs is 1. The first kappa shape index (κ1) is 12.1. The highest BCUT2D eigenvalue weighted by Gasteiger charge is 2.35. The number of ether oxygens (including phenoxy) is 1. The Morgan fingerprint density at radius 3 is 3.16 bits per heavy atom. The van der Waals surface area contributed by atoms with Gasteiger partial charge in [0, 0.05) is 18.7 Å². The zero-order chi connectivity index (χ0) is 13.4. The summed E-state index contributed by atoms with van der Waals surface area (Å²) in [6, 6.07) is 5.68. The minimum atomic E-state index is -0.366. The third kappa shape index (κ3) is 2.08. The third-order valence-corrected chi connectivity index (χ3v) is 4.08. The third-order valence-electron chi connectivity index (χ3n) is 3.29. The molecule has 0 aliphatic carbocycles. The first-order valence-electron chi connectivity index (χ1n) is 5.90. The molecule has 0 spiro atoms. The average molecular weight is 276 g/mol. The van der Waals surface area contributed by atoms with E-state index in [9.17, 15) is 9.59 Å². The highest BCUT2D eigenvalue weighted by molar-refractivity contribution is 7.16. The highest BCUT2D eigenvalue weighted by atomic mass is 32.1. The van der Waals surface area contributed by atoms with Gasteiger partial charge in [0.15, 0.2) is 0 Å². The van der Waals surface area contributed by atoms with Gasteiger partial charge >= 0.3 is 5.97 Å². The number of benzene rings is 1. The van der Waals surface area contributed by atoms with Gasteiger partial charge in [-0.3, -0.25) is 9.59 Å². The topological polar surface area (TPSA) is 59.5 Å². The second kappa shape index (κ2) is 4.62. The molecule has 3 rings (SSSR count). The number of thiazole rings is 1. The predicted octanol–water partition coefficient (Wildman–Crippen LogP) is 1.82. The molecule has 1 saturated heterocycles. The molecular weight excluding hydrogens is 264 g/mol. The number of carbonyl (C=O) groups excluding carboxylic acids is 2. The SMILES string of the molecule is COC(=O)C1CC(=O)N(c2ccc3ncsc3c2)C1. The second-order valence-corrected chi connectivity index (χ2v) is 5.32. The van der Waals surface area contributed by atoms with Gasteiger partial charge in [-0.1, -0.05) is 0 Å². The van der Waals surface area contributed by atoms with Gasteiger partial charge in [-0.05, 0) is 18.2 Å². The largest absolute Gasteiger partial charge is 0.469 e. The fraction of sp³-hybridized carbons (Fsp3) is 0.308. The van der Waals surface area contributed by atoms with Gasteiger partial charge in [0.25, 0.3) is 0 Å². The van der Waals surface area contributed by atoms with Crippen LogP contribution in [0, 0.1) is 5.92 Å². The number of nitrogens with zero attached hydrogens (tertiary/aromatic N) is 2. The van der Waals surface area contributed by atoms with Crippen molar-refractivity contribution in [1.82, 2.24) is 4.98 Å². The molecule has 98 valence electrons. The summed E-state index contributed by atoms with van der Waals surface area (Å²) in [7, 11) is 1.35. The van der Waals surface area contributed by atoms with Crippen molar-refractivity contribution in [2.24, 2.45) is 5.92 Å². The van der Waals surface area contributed by atoms with Gasteiger partial charge in [-0.25, -0.2) is 4.98 Å². The molecule has 0 N–H and O–H groups in total. The Morgan fingerprint density at radius 2 is 2.37 bits per heavy atom. The predicted molar refractivity (Wildman–Crippen MR) is 72.1 cm³/mol. The number of carbonyl (C=O) groups is 2. The molecular formula is C13H12N2O3S. The van der Waals surface area contributed by atoms with Crippen molar-refractivity contribution < 1.29 is 14.3 Å². The number of aromatic nitrogens is 1. The van der Waals surface area contributed by atoms with Crippen LogP contribution in [0.2, 0.25) is 0 Å². The van der Waals surface area contributed by atoms with Gasteiger partial charge in [0.05, 0.1) is 28.8 Å². The lowest BCUT2D eigenvalue weighted by Crippen LogP contribution is -2.26. The quantitative estimate of drug-likeness (QED) is 0.785. The Kier molecular flexibility index (Phi) is 2.94. The fourth-order valence-electron chi connectivity index (χ4n) is 2.29. The van der Waals surface area contributed by atoms with Gasteiger partial charge in [0.1, 0.15) is 0 Å². The minimum absolute atomic E-state index is 0.0423. The van der Waals surface area contributed by atoms with Crippen LogP contribution in [-0.4, -0.2) is 30.5 Å². The van der Waals surface area contributed by atoms with Crippen molar-refractivity contribution in [2.45, 2.75) is 6.42 Å². The van der Waals surface area contributed by atoms with E-state index in [0.717, 1.165) is 15.9 Å². The summed E-state index contributed by atoms with van der Waals surface area (Å²) in [5, 5.41) is 0. The summed E-state index contributed by atoms with van der Waals surface area (Å²) < 4.78 is 5.73. The van der Waals surface area contributed by atoms with Crippen LogP contribution >= 0.6 is 11.3 Å². The molecule has 1 atom stereocenters. The van der Waals surface area contributed by atoms with Crippen LogP contribution < -0.4 is 4.90 Å². The zero-order valence-corrected chi connectivity index (χ0v) is 11.1. The Labute approximate surface area is 113 Å². The van der Waals surface area contributed by atoms with E-state index in [1.807, 2.05) is 18.2 Å². The van der Waals surface area contributed by atoms with Crippen LogP contribution in [0.15, 0.2) is 23.7 Å². The molecule has 2 aromatic rings. The molecule has 0 bridgehead atoms. The van der Waals surface area contributed by atoms with Crippen molar-refractivity contribution in [2.75, 3.05) is 18.6 Å². The standard InChI is InChI=1S/C13H12N2O3S/c1-18-13(17)8-4-12(16)15(6-8)9-2-3-10-11(5-9)19-7-14-10/h2-3,5,7-8H,4,6H2,1H3. The average Bonchev–Trinajstić information content (AvgIpc) is 3.03. The van der Waals surface area contributed by atoms with Crippen molar-refractivity contribution in [3.8, 4) is 0 Å². The zero-order valence-electron chi connectivity index (χ0n) is 10.3. The van der Waals surface area contributed by atoms with Crippen LogP contribution in [0.1, 0.15) is 6.42 Å². The lowest BCUT2D eigenvalue weighted by atomic mass is 10.1. The summed E-state index contributed by atoms with van der Waals surface area (Å²) in [5.41, 5.74) is 3.51. The Morgan fingerprint density at radius 1 is 1.53 bits per heavy atom. The van der Waals surface area contributed by atoms with E-state index in [-0.39, 0.29) is 24.2 Å². The summed E-state index contributed by atoms with van der Waals surface area (Å²) in [4.78, 5) is 29.3. The van der Waals surface area contributed by atoms with E-state index >= 15 is 0 Å². The van der Waals surface area contributed by atoms with Crippen LogP contribution in [-0.2, 0) is 14.3 Å². The van der Waals surface area contributed by atoms with E-state index in [1.165, 1.54) is 18.4 Å². The Balaban J connectivity index is 1.89. The number of rotatable bonds is 2. The lowest BCUT2D eigenvalue weighted by Gasteiger charge is -2.16. The summed E-state index contributed by atoms with van der Waals surface area (Å²) in [5.74, 6) is -0.733. The molecule has 1 fully saturated rings. The molecule has 1 aromatic carbocycles. The van der Waals surface area contributed by atoms with E-state index in [4.69, 9.17) is 4.74 Å². The summed E-state index contributed by atoms with van der Waals surface area (Å²) >= 11 is 1.53. The van der Waals surface area contributed by atoms with Crippen LogP contribution in [0.3, 0.4) is 0 Å². The van der Waals surface area contributed by atoms with Crippen molar-refractivity contribution >= 4 is 39.1 Å². The van der Waals surface area contributed by atoms with Crippen molar-refractivity contribution in [3.05, 3.63) is 23.7 Å². The lowest BCUT2D eigenvalue weighted by molar-refractivity contribution is -0.145. The first-order valence-corrected chi connectivity index (χ1v) is 6.78. The molecule has 6 heteroatoms. The summed E-state index contributed by atoms with van der Waals surface area (Å²) in [6.45, 7) is 0.385. The van der Waals surface area contributed by atoms with E-state index in [2.05, 4.69) is 4.98 Å². The smallest absolute Gasteiger partial charge is 0.311 e. The molecule has 0 radical (unpaired) electrons. The summed E-state index contributed by atoms with van der Waals surface area (Å²) in [6.07, 6.45) is 0.216. The number of anilines is 1. The molecule has 1 amide bonds. The molecule has 2 heterocycles. The Bertz CT molecular complexity index is 652. The molecule has 5 nitrogen and oxygen atoms in total. The molecule has 0 saturated carbocycles. The molecule has 1 aliphatic heterocycles. The van der Waals surface area contributed by atoms with E-state index < -0.39 is 0 Å². The first-order chi connectivity index (χ1) is 9.19.